The third-order valence-electron chi connectivity index (χ3n) is 3.84. The number of nitrogens with one attached hydrogen (secondary N) is 2. The number of hydrogen-bond donors (Lipinski definition) is 2. The maximum absolute atomic E-state index is 6.22. The van der Waals surface area contributed by atoms with Crippen LogP contribution in [0, 0.1) is 6.92 Å². The van der Waals surface area contributed by atoms with Crippen molar-refractivity contribution in [3.05, 3.63) is 70.0 Å². The normalized spacial score (nSPS) is 10.5. The van der Waals surface area contributed by atoms with Crippen molar-refractivity contribution in [2.24, 2.45) is 0 Å². The summed E-state index contributed by atoms with van der Waals surface area (Å²) in [5, 5.41) is 12.3. The number of benzene rings is 2. The quantitative estimate of drug-likeness (QED) is 0.543. The number of hydrogen-bond acceptors (Lipinski definition) is 3. The SMILES string of the molecule is COc1ccc(C)cc1NC(=S)Nc1cnn(Cc2ccc(Cl)cc2Cl)c1. The van der Waals surface area contributed by atoms with E-state index in [1.165, 1.54) is 0 Å². The van der Waals surface area contributed by atoms with Gasteiger partial charge < -0.3 is 15.4 Å². The van der Waals surface area contributed by atoms with Crippen LogP contribution in [0.25, 0.3) is 0 Å². The zero-order chi connectivity index (χ0) is 19.4. The molecule has 140 valence electrons. The van der Waals surface area contributed by atoms with E-state index in [1.807, 2.05) is 37.4 Å². The monoisotopic (exact) mass is 420 g/mol. The molecule has 2 N–H and O–H groups in total. The molecule has 0 saturated heterocycles. The number of anilines is 2. The zero-order valence-electron chi connectivity index (χ0n) is 14.8. The Bertz CT molecular complexity index is 974. The van der Waals surface area contributed by atoms with E-state index in [2.05, 4.69) is 15.7 Å². The second-order valence-corrected chi connectivity index (χ2v) is 7.20. The highest BCUT2D eigenvalue weighted by atomic mass is 35.5. The van der Waals surface area contributed by atoms with E-state index in [4.69, 9.17) is 40.2 Å². The van der Waals surface area contributed by atoms with Crippen molar-refractivity contribution in [2.75, 3.05) is 17.7 Å². The Balaban J connectivity index is 1.65. The second-order valence-electron chi connectivity index (χ2n) is 5.95. The number of ether oxygens (including phenoxy) is 1. The van der Waals surface area contributed by atoms with Crippen LogP contribution in [0.5, 0.6) is 5.75 Å². The molecule has 5 nitrogen and oxygen atoms in total. The topological polar surface area (TPSA) is 51.1 Å². The largest absolute Gasteiger partial charge is 0.495 e. The smallest absolute Gasteiger partial charge is 0.175 e. The molecular formula is C19H18Cl2N4OS. The fourth-order valence-corrected chi connectivity index (χ4v) is 3.24. The first kappa shape index (κ1) is 19.5. The number of rotatable bonds is 5. The summed E-state index contributed by atoms with van der Waals surface area (Å²) in [6.07, 6.45) is 3.55. The average molecular weight is 421 g/mol. The minimum absolute atomic E-state index is 0.447. The summed E-state index contributed by atoms with van der Waals surface area (Å²) in [7, 11) is 1.62. The molecule has 0 unspecified atom stereocenters. The number of aryl methyl sites for hydroxylation is 1. The Hall–Kier alpha value is -2.28. The molecular weight excluding hydrogens is 403 g/mol. The number of aromatic nitrogens is 2. The van der Waals surface area contributed by atoms with Crippen LogP contribution in [0.2, 0.25) is 10.0 Å². The van der Waals surface area contributed by atoms with Gasteiger partial charge in [-0.05, 0) is 54.5 Å². The molecule has 3 aromatic rings. The molecule has 0 atom stereocenters. The fourth-order valence-electron chi connectivity index (χ4n) is 2.54. The molecule has 27 heavy (non-hydrogen) atoms. The Kier molecular flexibility index (Phi) is 6.21. The van der Waals surface area contributed by atoms with E-state index in [9.17, 15) is 0 Å². The summed E-state index contributed by atoms with van der Waals surface area (Å²) in [5.74, 6) is 0.720. The lowest BCUT2D eigenvalue weighted by Crippen LogP contribution is -2.19. The van der Waals surface area contributed by atoms with Gasteiger partial charge in [0.05, 0.1) is 31.2 Å². The molecule has 0 aliphatic heterocycles. The molecule has 0 aliphatic rings. The first-order valence-electron chi connectivity index (χ1n) is 8.13. The fraction of sp³-hybridized carbons (Fsp3) is 0.158. The van der Waals surface area contributed by atoms with E-state index in [0.29, 0.717) is 21.7 Å². The van der Waals surface area contributed by atoms with E-state index >= 15 is 0 Å². The van der Waals surface area contributed by atoms with Crippen molar-refractivity contribution < 1.29 is 4.74 Å². The third kappa shape index (κ3) is 5.13. The van der Waals surface area contributed by atoms with Gasteiger partial charge >= 0.3 is 0 Å². The van der Waals surface area contributed by atoms with E-state index in [0.717, 1.165) is 28.3 Å². The molecule has 0 fully saturated rings. The number of thiocarbonyl (C=S) groups is 1. The van der Waals surface area contributed by atoms with Crippen molar-refractivity contribution in [2.45, 2.75) is 13.5 Å². The van der Waals surface area contributed by atoms with Gasteiger partial charge in [0.25, 0.3) is 0 Å². The molecule has 0 bridgehead atoms. The van der Waals surface area contributed by atoms with Gasteiger partial charge in [-0.15, -0.1) is 0 Å². The summed E-state index contributed by atoms with van der Waals surface area (Å²) in [6.45, 7) is 2.54. The molecule has 3 rings (SSSR count). The molecule has 0 radical (unpaired) electrons. The average Bonchev–Trinajstić information content (AvgIpc) is 3.04. The second kappa shape index (κ2) is 8.61. The van der Waals surface area contributed by atoms with Crippen molar-refractivity contribution in [3.63, 3.8) is 0 Å². The van der Waals surface area contributed by atoms with Gasteiger partial charge in [-0.2, -0.15) is 5.10 Å². The maximum atomic E-state index is 6.22. The van der Waals surface area contributed by atoms with Crippen molar-refractivity contribution in [1.29, 1.82) is 0 Å². The zero-order valence-corrected chi connectivity index (χ0v) is 17.1. The number of halogens is 2. The maximum Gasteiger partial charge on any atom is 0.175 e. The van der Waals surface area contributed by atoms with Crippen LogP contribution in [0.4, 0.5) is 11.4 Å². The first-order chi connectivity index (χ1) is 12.9. The van der Waals surface area contributed by atoms with Gasteiger partial charge in [-0.25, -0.2) is 0 Å². The molecule has 0 amide bonds. The van der Waals surface area contributed by atoms with Gasteiger partial charge in [-0.1, -0.05) is 35.3 Å². The minimum atomic E-state index is 0.447. The molecule has 1 heterocycles. The lowest BCUT2D eigenvalue weighted by molar-refractivity contribution is 0.417. The predicted octanol–water partition coefficient (Wildman–Crippen LogP) is 5.36. The Morgan fingerprint density at radius 2 is 2.00 bits per heavy atom. The van der Waals surface area contributed by atoms with Crippen LogP contribution in [0.15, 0.2) is 48.8 Å². The summed E-state index contributed by atoms with van der Waals surface area (Å²) < 4.78 is 7.12. The van der Waals surface area contributed by atoms with Gasteiger partial charge in [0.1, 0.15) is 5.75 Å². The highest BCUT2D eigenvalue weighted by Gasteiger charge is 2.08. The van der Waals surface area contributed by atoms with Crippen LogP contribution < -0.4 is 15.4 Å². The van der Waals surface area contributed by atoms with Crippen LogP contribution in [-0.4, -0.2) is 22.0 Å². The van der Waals surface area contributed by atoms with Crippen molar-refractivity contribution >= 4 is 51.9 Å². The van der Waals surface area contributed by atoms with Gasteiger partial charge in [0, 0.05) is 16.2 Å². The first-order valence-corrected chi connectivity index (χ1v) is 9.30. The summed E-state index contributed by atoms with van der Waals surface area (Å²) in [6, 6.07) is 11.3. The van der Waals surface area contributed by atoms with Gasteiger partial charge in [-0.3, -0.25) is 4.68 Å². The van der Waals surface area contributed by atoms with Crippen LogP contribution in [0.3, 0.4) is 0 Å². The minimum Gasteiger partial charge on any atom is -0.495 e. The summed E-state index contributed by atoms with van der Waals surface area (Å²) in [4.78, 5) is 0. The highest BCUT2D eigenvalue weighted by Crippen LogP contribution is 2.25. The van der Waals surface area contributed by atoms with Gasteiger partial charge in [0.15, 0.2) is 5.11 Å². The third-order valence-corrected chi connectivity index (χ3v) is 4.63. The number of nitrogens with zero attached hydrogens (tertiary/aromatic N) is 2. The lowest BCUT2D eigenvalue weighted by atomic mass is 10.2. The van der Waals surface area contributed by atoms with E-state index in [-0.39, 0.29) is 0 Å². The molecule has 2 aromatic carbocycles. The Morgan fingerprint density at radius 1 is 1.19 bits per heavy atom. The van der Waals surface area contributed by atoms with Crippen LogP contribution in [-0.2, 0) is 6.54 Å². The molecule has 0 saturated carbocycles. The predicted molar refractivity (Wildman–Crippen MR) is 115 cm³/mol. The van der Waals surface area contributed by atoms with E-state index < -0.39 is 0 Å². The van der Waals surface area contributed by atoms with Gasteiger partial charge in [0.2, 0.25) is 0 Å². The molecule has 0 aliphatic carbocycles. The molecule has 8 heteroatoms. The number of methoxy groups -OCH3 is 1. The standard InChI is InChI=1S/C19H18Cl2N4OS/c1-12-3-6-18(26-2)17(7-12)24-19(27)23-15-9-22-25(11-15)10-13-4-5-14(20)8-16(13)21/h3-9,11H,10H2,1-2H3,(H2,23,24,27). The highest BCUT2D eigenvalue weighted by molar-refractivity contribution is 7.80. The van der Waals surface area contributed by atoms with E-state index in [1.54, 1.807) is 30.1 Å². The van der Waals surface area contributed by atoms with Crippen molar-refractivity contribution in [3.8, 4) is 5.75 Å². The Labute approximate surface area is 173 Å². The van der Waals surface area contributed by atoms with Crippen LogP contribution >= 0.6 is 35.4 Å². The summed E-state index contributed by atoms with van der Waals surface area (Å²) >= 11 is 17.5. The van der Waals surface area contributed by atoms with Crippen molar-refractivity contribution in [1.82, 2.24) is 9.78 Å². The molecule has 0 spiro atoms. The lowest BCUT2D eigenvalue weighted by Gasteiger charge is -2.13. The van der Waals surface area contributed by atoms with Crippen LogP contribution in [0.1, 0.15) is 11.1 Å². The molecule has 1 aromatic heterocycles. The Morgan fingerprint density at radius 3 is 2.74 bits per heavy atom. The summed E-state index contributed by atoms with van der Waals surface area (Å²) in [5.41, 5.74) is 3.61.